The van der Waals surface area contributed by atoms with Crippen LogP contribution < -0.4 is 0 Å². The maximum atomic E-state index is 13.0. The Bertz CT molecular complexity index is 746. The Morgan fingerprint density at radius 3 is 2.37 bits per heavy atom. The molecule has 166 valence electrons. The molecule has 1 aromatic carbocycles. The van der Waals surface area contributed by atoms with Crippen molar-refractivity contribution in [2.24, 2.45) is 28.1 Å². The van der Waals surface area contributed by atoms with Gasteiger partial charge in [0.05, 0.1) is 25.2 Å². The lowest BCUT2D eigenvalue weighted by molar-refractivity contribution is -0.174. The standard InChI is InChI=1S/C26H38O4/c1-24(2,3)16-25(4,5)23(28)30-18-26(14-13-22(27)20-11-12-21(20)26)17-29-15-19-9-7-6-8-10-19/h6-10,20-21H,11-18H2,1-5H3. The molecule has 2 saturated carbocycles. The van der Waals surface area contributed by atoms with E-state index in [9.17, 15) is 9.59 Å². The van der Waals surface area contributed by atoms with Crippen molar-refractivity contribution in [3.8, 4) is 0 Å². The number of fused-ring (bicyclic) bond motifs is 1. The van der Waals surface area contributed by atoms with E-state index in [1.165, 1.54) is 0 Å². The largest absolute Gasteiger partial charge is 0.465 e. The van der Waals surface area contributed by atoms with Crippen LogP contribution in [-0.2, 0) is 25.7 Å². The number of Topliss-reactive ketones (excluding diaryl/α,β-unsaturated/α-hetero) is 1. The second-order valence-electron chi connectivity index (χ2n) is 11.3. The topological polar surface area (TPSA) is 52.6 Å². The van der Waals surface area contributed by atoms with Crippen LogP contribution in [0.25, 0.3) is 0 Å². The average molecular weight is 415 g/mol. The number of rotatable bonds is 8. The third-order valence-electron chi connectivity index (χ3n) is 6.86. The molecule has 4 heteroatoms. The van der Waals surface area contributed by atoms with Gasteiger partial charge in [0.15, 0.2) is 0 Å². The summed E-state index contributed by atoms with van der Waals surface area (Å²) in [6.07, 6.45) is 4.07. The summed E-state index contributed by atoms with van der Waals surface area (Å²) in [6, 6.07) is 10.1. The van der Waals surface area contributed by atoms with E-state index < -0.39 is 5.41 Å². The van der Waals surface area contributed by atoms with E-state index in [1.807, 2.05) is 32.0 Å². The van der Waals surface area contributed by atoms with Crippen LogP contribution in [0.4, 0.5) is 0 Å². The van der Waals surface area contributed by atoms with Crippen LogP contribution in [0.15, 0.2) is 30.3 Å². The Morgan fingerprint density at radius 1 is 1.07 bits per heavy atom. The summed E-state index contributed by atoms with van der Waals surface area (Å²) >= 11 is 0. The Kier molecular flexibility index (Phi) is 6.76. The molecule has 0 saturated heterocycles. The molecule has 3 unspecified atom stereocenters. The van der Waals surface area contributed by atoms with E-state index in [0.29, 0.717) is 32.0 Å². The second-order valence-corrected chi connectivity index (χ2v) is 11.3. The second kappa shape index (κ2) is 8.82. The van der Waals surface area contributed by atoms with Gasteiger partial charge in [-0.2, -0.15) is 0 Å². The van der Waals surface area contributed by atoms with Crippen LogP contribution in [-0.4, -0.2) is 25.0 Å². The van der Waals surface area contributed by atoms with Crippen molar-refractivity contribution in [2.45, 2.75) is 73.3 Å². The van der Waals surface area contributed by atoms with Gasteiger partial charge in [-0.25, -0.2) is 0 Å². The maximum Gasteiger partial charge on any atom is 0.311 e. The van der Waals surface area contributed by atoms with Crippen molar-refractivity contribution in [2.75, 3.05) is 13.2 Å². The molecular formula is C26H38O4. The van der Waals surface area contributed by atoms with Gasteiger partial charge in [-0.3, -0.25) is 9.59 Å². The summed E-state index contributed by atoms with van der Waals surface area (Å²) in [6.45, 7) is 11.8. The number of ether oxygens (including phenoxy) is 2. The van der Waals surface area contributed by atoms with Crippen LogP contribution in [0.5, 0.6) is 0 Å². The van der Waals surface area contributed by atoms with Crippen LogP contribution >= 0.6 is 0 Å². The molecule has 1 aromatic rings. The van der Waals surface area contributed by atoms with Crippen molar-refractivity contribution >= 4 is 11.8 Å². The fourth-order valence-corrected chi connectivity index (χ4v) is 5.51. The Morgan fingerprint density at radius 2 is 1.77 bits per heavy atom. The molecule has 2 fully saturated rings. The number of benzene rings is 1. The first-order valence-corrected chi connectivity index (χ1v) is 11.3. The predicted octanol–water partition coefficient (Wildman–Crippen LogP) is 5.58. The van der Waals surface area contributed by atoms with E-state index in [4.69, 9.17) is 9.47 Å². The summed E-state index contributed by atoms with van der Waals surface area (Å²) in [5, 5.41) is 0. The van der Waals surface area contributed by atoms with E-state index in [-0.39, 0.29) is 28.6 Å². The van der Waals surface area contributed by atoms with Gasteiger partial charge < -0.3 is 9.47 Å². The van der Waals surface area contributed by atoms with E-state index in [1.54, 1.807) is 0 Å². The molecule has 3 atom stereocenters. The van der Waals surface area contributed by atoms with Gasteiger partial charge in [-0.05, 0) is 56.4 Å². The van der Waals surface area contributed by atoms with Crippen molar-refractivity contribution < 1.29 is 19.1 Å². The minimum atomic E-state index is -0.534. The van der Waals surface area contributed by atoms with Gasteiger partial charge in [0.25, 0.3) is 0 Å². The zero-order valence-electron chi connectivity index (χ0n) is 19.3. The monoisotopic (exact) mass is 414 g/mol. The number of carbonyl (C=O) groups excluding carboxylic acids is 2. The first-order valence-electron chi connectivity index (χ1n) is 11.3. The van der Waals surface area contributed by atoms with E-state index in [2.05, 4.69) is 32.9 Å². The smallest absolute Gasteiger partial charge is 0.311 e. The molecule has 0 radical (unpaired) electrons. The fraction of sp³-hybridized carbons (Fsp3) is 0.692. The minimum absolute atomic E-state index is 0.0509. The lowest BCUT2D eigenvalue weighted by Crippen LogP contribution is -2.54. The van der Waals surface area contributed by atoms with Gasteiger partial charge in [0, 0.05) is 17.8 Å². The molecule has 4 nitrogen and oxygen atoms in total. The van der Waals surface area contributed by atoms with Gasteiger partial charge in [-0.15, -0.1) is 0 Å². The molecule has 0 heterocycles. The summed E-state index contributed by atoms with van der Waals surface area (Å²) in [4.78, 5) is 25.3. The van der Waals surface area contributed by atoms with E-state index in [0.717, 1.165) is 31.2 Å². The molecule has 0 amide bonds. The van der Waals surface area contributed by atoms with Gasteiger partial charge in [-0.1, -0.05) is 51.1 Å². The molecular weight excluding hydrogens is 376 g/mol. The summed E-state index contributed by atoms with van der Waals surface area (Å²) < 4.78 is 12.1. The van der Waals surface area contributed by atoms with Gasteiger partial charge >= 0.3 is 5.97 Å². The molecule has 0 aliphatic heterocycles. The van der Waals surface area contributed by atoms with E-state index >= 15 is 0 Å². The predicted molar refractivity (Wildman–Crippen MR) is 118 cm³/mol. The molecule has 0 bridgehead atoms. The van der Waals surface area contributed by atoms with Crippen molar-refractivity contribution in [1.82, 2.24) is 0 Å². The lowest BCUT2D eigenvalue weighted by atomic mass is 9.53. The van der Waals surface area contributed by atoms with Crippen LogP contribution in [0, 0.1) is 28.1 Å². The van der Waals surface area contributed by atoms with Crippen LogP contribution in [0.1, 0.15) is 72.3 Å². The highest BCUT2D eigenvalue weighted by Gasteiger charge is 2.54. The Labute approximate surface area is 181 Å². The molecule has 30 heavy (non-hydrogen) atoms. The van der Waals surface area contributed by atoms with Crippen LogP contribution in [0.3, 0.4) is 0 Å². The fourth-order valence-electron chi connectivity index (χ4n) is 5.51. The Balaban J connectivity index is 1.67. The van der Waals surface area contributed by atoms with Crippen molar-refractivity contribution in [3.63, 3.8) is 0 Å². The maximum absolute atomic E-state index is 13.0. The van der Waals surface area contributed by atoms with Crippen molar-refractivity contribution in [3.05, 3.63) is 35.9 Å². The zero-order valence-corrected chi connectivity index (χ0v) is 19.3. The van der Waals surface area contributed by atoms with Crippen molar-refractivity contribution in [1.29, 1.82) is 0 Å². The third-order valence-corrected chi connectivity index (χ3v) is 6.86. The number of hydrogen-bond donors (Lipinski definition) is 0. The first-order chi connectivity index (χ1) is 14.0. The number of hydrogen-bond acceptors (Lipinski definition) is 4. The third kappa shape index (κ3) is 5.32. The molecule has 2 aliphatic rings. The average Bonchev–Trinajstić information content (AvgIpc) is 2.61. The number of esters is 1. The molecule has 3 rings (SSSR count). The highest BCUT2D eigenvalue weighted by molar-refractivity contribution is 5.83. The summed E-state index contributed by atoms with van der Waals surface area (Å²) in [5.74, 6) is 0.630. The summed E-state index contributed by atoms with van der Waals surface area (Å²) in [7, 11) is 0. The van der Waals surface area contributed by atoms with Gasteiger partial charge in [0.1, 0.15) is 5.78 Å². The minimum Gasteiger partial charge on any atom is -0.465 e. The van der Waals surface area contributed by atoms with Gasteiger partial charge in [0.2, 0.25) is 0 Å². The summed E-state index contributed by atoms with van der Waals surface area (Å²) in [5.41, 5.74) is 0.399. The first kappa shape index (κ1) is 23.0. The molecule has 0 aromatic heterocycles. The normalized spacial score (nSPS) is 26.6. The Hall–Kier alpha value is -1.68. The molecule has 0 spiro atoms. The highest BCUT2D eigenvalue weighted by atomic mass is 16.5. The molecule has 2 aliphatic carbocycles. The highest BCUT2D eigenvalue weighted by Crippen LogP contribution is 2.54. The number of carbonyl (C=O) groups is 2. The molecule has 0 N–H and O–H groups in total. The SMILES string of the molecule is CC(C)(C)CC(C)(C)C(=O)OCC1(COCc2ccccc2)CCC(=O)C2CCC21. The number of ketones is 1. The quantitative estimate of drug-likeness (QED) is 0.521. The zero-order chi connectivity index (χ0) is 22.0. The van der Waals surface area contributed by atoms with Crippen LogP contribution in [0.2, 0.25) is 0 Å². The lowest BCUT2D eigenvalue weighted by Gasteiger charge is -2.52.